The zero-order chi connectivity index (χ0) is 19.6. The first-order valence-corrected chi connectivity index (χ1v) is 9.98. The van der Waals surface area contributed by atoms with Gasteiger partial charge in [0.25, 0.3) is 0 Å². The van der Waals surface area contributed by atoms with E-state index in [0.717, 1.165) is 31.8 Å². The van der Waals surface area contributed by atoms with Crippen LogP contribution < -0.4 is 10.6 Å². The summed E-state index contributed by atoms with van der Waals surface area (Å²) < 4.78 is 4.99. The maximum absolute atomic E-state index is 12.3. The molecule has 0 aromatic carbocycles. The molecule has 1 aromatic heterocycles. The van der Waals surface area contributed by atoms with Crippen molar-refractivity contribution in [2.24, 2.45) is 5.92 Å². The minimum Gasteiger partial charge on any atom is -0.361 e. The second-order valence-corrected chi connectivity index (χ2v) is 7.02. The van der Waals surface area contributed by atoms with E-state index in [9.17, 15) is 9.59 Å². The predicted molar refractivity (Wildman–Crippen MR) is 103 cm³/mol. The maximum atomic E-state index is 12.3. The zero-order valence-corrected chi connectivity index (χ0v) is 16.8. The van der Waals surface area contributed by atoms with Crippen molar-refractivity contribution in [3.63, 3.8) is 0 Å². The second-order valence-electron chi connectivity index (χ2n) is 7.02. The van der Waals surface area contributed by atoms with Gasteiger partial charge >= 0.3 is 6.03 Å². The highest BCUT2D eigenvalue weighted by Crippen LogP contribution is 2.17. The zero-order valence-electron chi connectivity index (χ0n) is 16.8. The van der Waals surface area contributed by atoms with Gasteiger partial charge in [0.05, 0.1) is 6.54 Å². The molecular weight excluding hydrogens is 346 g/mol. The molecule has 8 nitrogen and oxygen atoms in total. The second kappa shape index (κ2) is 10.9. The number of hydrogen-bond acceptors (Lipinski definition) is 5. The number of nitrogens with one attached hydrogen (secondary N) is 2. The lowest BCUT2D eigenvalue weighted by Gasteiger charge is -2.31. The van der Waals surface area contributed by atoms with Crippen LogP contribution in [0.15, 0.2) is 10.6 Å². The quantitative estimate of drug-likeness (QED) is 0.638. The molecule has 8 heteroatoms. The molecular formula is C19H33N5O3. The van der Waals surface area contributed by atoms with E-state index in [2.05, 4.69) is 34.5 Å². The van der Waals surface area contributed by atoms with Crippen LogP contribution in [0.1, 0.15) is 44.6 Å². The highest BCUT2D eigenvalue weighted by Gasteiger charge is 2.27. The average Bonchev–Trinajstić information content (AvgIpc) is 3.11. The van der Waals surface area contributed by atoms with E-state index in [1.54, 1.807) is 11.0 Å². The number of aryl methyl sites for hydroxylation is 1. The highest BCUT2D eigenvalue weighted by atomic mass is 16.5. The number of aromatic nitrogens is 1. The van der Waals surface area contributed by atoms with E-state index in [1.165, 1.54) is 0 Å². The Morgan fingerprint density at radius 2 is 1.96 bits per heavy atom. The Kier molecular flexibility index (Phi) is 8.57. The smallest absolute Gasteiger partial charge is 0.317 e. The molecule has 27 heavy (non-hydrogen) atoms. The predicted octanol–water partition coefficient (Wildman–Crippen LogP) is 1.75. The Bertz CT molecular complexity index is 592. The van der Waals surface area contributed by atoms with Gasteiger partial charge in [0, 0.05) is 31.6 Å². The number of hydrogen-bond donors (Lipinski definition) is 2. The van der Waals surface area contributed by atoms with Crippen molar-refractivity contribution in [1.82, 2.24) is 25.6 Å². The molecule has 1 aromatic rings. The molecule has 0 bridgehead atoms. The van der Waals surface area contributed by atoms with Crippen molar-refractivity contribution < 1.29 is 14.1 Å². The van der Waals surface area contributed by atoms with E-state index in [0.29, 0.717) is 44.7 Å². The van der Waals surface area contributed by atoms with Crippen LogP contribution in [0.5, 0.6) is 0 Å². The minimum atomic E-state index is -0.117. The van der Waals surface area contributed by atoms with Gasteiger partial charge in [-0.3, -0.25) is 4.79 Å². The normalized spacial score (nSPS) is 15.2. The number of rotatable bonds is 9. The van der Waals surface area contributed by atoms with Crippen LogP contribution in [-0.2, 0) is 11.3 Å². The fourth-order valence-electron chi connectivity index (χ4n) is 3.32. The summed E-state index contributed by atoms with van der Waals surface area (Å²) >= 11 is 0. The number of nitrogens with zero attached hydrogens (tertiary/aromatic N) is 3. The third kappa shape index (κ3) is 6.86. The van der Waals surface area contributed by atoms with E-state index >= 15 is 0 Å². The van der Waals surface area contributed by atoms with Gasteiger partial charge in [0.1, 0.15) is 11.5 Å². The van der Waals surface area contributed by atoms with Gasteiger partial charge in [-0.05, 0) is 45.8 Å². The van der Waals surface area contributed by atoms with E-state index in [1.807, 2.05) is 6.92 Å². The molecule has 0 spiro atoms. The van der Waals surface area contributed by atoms with E-state index in [-0.39, 0.29) is 17.9 Å². The van der Waals surface area contributed by atoms with Crippen LogP contribution in [0, 0.1) is 12.8 Å². The summed E-state index contributed by atoms with van der Waals surface area (Å²) in [5, 5.41) is 9.76. The third-order valence-electron chi connectivity index (χ3n) is 5.10. The number of amides is 3. The summed E-state index contributed by atoms with van der Waals surface area (Å²) in [6.45, 7) is 11.5. The van der Waals surface area contributed by atoms with Crippen molar-refractivity contribution in [1.29, 1.82) is 0 Å². The van der Waals surface area contributed by atoms with Gasteiger partial charge in [-0.2, -0.15) is 0 Å². The number of urea groups is 1. The van der Waals surface area contributed by atoms with Gasteiger partial charge in [-0.15, -0.1) is 0 Å². The van der Waals surface area contributed by atoms with Gasteiger partial charge in [0.2, 0.25) is 5.91 Å². The van der Waals surface area contributed by atoms with Crippen molar-refractivity contribution >= 4 is 11.9 Å². The molecule has 1 aliphatic rings. The number of carbonyl (C=O) groups is 2. The highest BCUT2D eigenvalue weighted by molar-refractivity contribution is 5.79. The lowest BCUT2D eigenvalue weighted by atomic mass is 9.96. The summed E-state index contributed by atoms with van der Waals surface area (Å²) in [6, 6.07) is 1.69. The van der Waals surface area contributed by atoms with E-state index < -0.39 is 0 Å². The molecule has 1 aliphatic heterocycles. The Balaban J connectivity index is 1.62. The molecule has 3 amide bonds. The van der Waals surface area contributed by atoms with Crippen molar-refractivity contribution in [3.05, 3.63) is 17.5 Å². The van der Waals surface area contributed by atoms with Crippen LogP contribution in [0.2, 0.25) is 0 Å². The summed E-state index contributed by atoms with van der Waals surface area (Å²) in [7, 11) is 0. The first-order chi connectivity index (χ1) is 13.0. The topological polar surface area (TPSA) is 90.7 Å². The van der Waals surface area contributed by atoms with Crippen molar-refractivity contribution in [2.45, 2.75) is 46.6 Å². The summed E-state index contributed by atoms with van der Waals surface area (Å²) in [5.41, 5.74) is 0.708. The summed E-state index contributed by atoms with van der Waals surface area (Å²) in [4.78, 5) is 28.7. The lowest BCUT2D eigenvalue weighted by molar-refractivity contribution is -0.126. The Labute approximate surface area is 161 Å². The first-order valence-electron chi connectivity index (χ1n) is 9.98. The molecule has 2 heterocycles. The molecule has 1 fully saturated rings. The minimum absolute atomic E-state index is 0.000642. The molecule has 0 saturated carbocycles. The first kappa shape index (κ1) is 21.2. The number of carbonyl (C=O) groups excluding carboxylic acids is 2. The van der Waals surface area contributed by atoms with Crippen LogP contribution in [0.25, 0.3) is 0 Å². The van der Waals surface area contributed by atoms with Gasteiger partial charge in [0.15, 0.2) is 0 Å². The fourth-order valence-corrected chi connectivity index (χ4v) is 3.32. The largest absolute Gasteiger partial charge is 0.361 e. The van der Waals surface area contributed by atoms with E-state index in [4.69, 9.17) is 4.52 Å². The van der Waals surface area contributed by atoms with Crippen LogP contribution in [0.3, 0.4) is 0 Å². The average molecular weight is 380 g/mol. The molecule has 2 N–H and O–H groups in total. The number of piperidine rings is 1. The van der Waals surface area contributed by atoms with Gasteiger partial charge in [-0.25, -0.2) is 4.79 Å². The molecule has 152 valence electrons. The molecule has 0 aliphatic carbocycles. The van der Waals surface area contributed by atoms with Crippen LogP contribution in [0.4, 0.5) is 4.79 Å². The molecule has 2 rings (SSSR count). The Hall–Kier alpha value is -2.09. The summed E-state index contributed by atoms with van der Waals surface area (Å²) in [6.07, 6.45) is 2.38. The number of likely N-dealkylation sites (tertiary alicyclic amines) is 1. The van der Waals surface area contributed by atoms with Gasteiger partial charge < -0.3 is 25.0 Å². The third-order valence-corrected chi connectivity index (χ3v) is 5.10. The maximum Gasteiger partial charge on any atom is 0.317 e. The molecule has 0 unspecified atom stereocenters. The van der Waals surface area contributed by atoms with Crippen molar-refractivity contribution in [3.8, 4) is 0 Å². The summed E-state index contributed by atoms with van der Waals surface area (Å²) in [5.74, 6) is 0.844. The fraction of sp³-hybridized carbons (Fsp3) is 0.737. The Morgan fingerprint density at radius 1 is 1.26 bits per heavy atom. The monoisotopic (exact) mass is 379 g/mol. The lowest BCUT2D eigenvalue weighted by Crippen LogP contribution is -2.46. The SMILES string of the molecule is CCN(CC)CCCNC(=O)C1CCN(C(=O)NCc2cc(C)on2)CC1. The van der Waals surface area contributed by atoms with Gasteiger partial charge in [-0.1, -0.05) is 19.0 Å². The molecule has 0 radical (unpaired) electrons. The molecule has 1 saturated heterocycles. The standard InChI is InChI=1S/C19H33N5O3/c1-4-23(5-2)10-6-9-20-18(25)16-7-11-24(12-8-16)19(26)21-14-17-13-15(3)27-22-17/h13,16H,4-12,14H2,1-3H3,(H,20,25)(H,21,26). The molecule has 0 atom stereocenters. The Morgan fingerprint density at radius 3 is 2.56 bits per heavy atom. The van der Waals surface area contributed by atoms with Crippen LogP contribution >= 0.6 is 0 Å². The van der Waals surface area contributed by atoms with Crippen molar-refractivity contribution in [2.75, 3.05) is 39.3 Å². The van der Waals surface area contributed by atoms with Crippen LogP contribution in [-0.4, -0.2) is 66.2 Å².